The second-order valence-electron chi connectivity index (χ2n) is 10.0. The highest BCUT2D eigenvalue weighted by molar-refractivity contribution is 5.48. The fraction of sp³-hybridized carbons (Fsp3) is 0.379. The number of aliphatic hydroxyl groups is 1. The van der Waals surface area contributed by atoms with Crippen molar-refractivity contribution < 1.29 is 9.50 Å². The molecule has 1 unspecified atom stereocenters. The molecule has 0 aromatic heterocycles. The fourth-order valence-electron chi connectivity index (χ4n) is 5.38. The van der Waals surface area contributed by atoms with Crippen molar-refractivity contribution in [2.45, 2.75) is 31.5 Å². The Hall–Kier alpha value is -2.89. The van der Waals surface area contributed by atoms with Gasteiger partial charge in [0.1, 0.15) is 5.82 Å². The minimum Gasteiger partial charge on any atom is -0.384 e. The predicted molar refractivity (Wildman–Crippen MR) is 139 cm³/mol. The van der Waals surface area contributed by atoms with Gasteiger partial charge >= 0.3 is 0 Å². The summed E-state index contributed by atoms with van der Waals surface area (Å²) < 4.78 is 13.8. The number of hydrogen-bond donors (Lipinski definition) is 2. The fourth-order valence-corrected chi connectivity index (χ4v) is 5.38. The highest BCUT2D eigenvalue weighted by Gasteiger charge is 2.52. The van der Waals surface area contributed by atoms with E-state index in [1.54, 1.807) is 12.1 Å². The number of anilines is 2. The number of nitrogens with one attached hydrogen (secondary N) is 1. The van der Waals surface area contributed by atoms with Crippen LogP contribution in [0.1, 0.15) is 42.6 Å². The van der Waals surface area contributed by atoms with Gasteiger partial charge in [0.15, 0.2) is 0 Å². The van der Waals surface area contributed by atoms with Crippen LogP contribution in [0.5, 0.6) is 0 Å². The normalized spacial score (nSPS) is 26.8. The zero-order valence-electron chi connectivity index (χ0n) is 21.0. The Morgan fingerprint density at radius 1 is 0.676 bits per heavy atom. The molecule has 1 aliphatic heterocycles. The van der Waals surface area contributed by atoms with Gasteiger partial charge < -0.3 is 20.2 Å². The molecule has 0 amide bonds. The van der Waals surface area contributed by atoms with Gasteiger partial charge in [0.2, 0.25) is 0 Å². The second-order valence-corrected chi connectivity index (χ2v) is 10.0. The molecule has 180 valence electrons. The highest BCUT2D eigenvalue weighted by Crippen LogP contribution is 2.52. The summed E-state index contributed by atoms with van der Waals surface area (Å²) in [5.74, 6) is -0.584. The first kappa shape index (κ1) is 24.2. The molecule has 4 rings (SSSR count). The molecule has 3 aromatic rings. The quantitative estimate of drug-likeness (QED) is 0.526. The standard InChI is InChI=1S/C29H36FN3O/c1-19-27(21-7-15-25(16-8-21)32(3)4)31-28(22-9-17-26(18-10-22)33(5)6)20(2)29(19,34)23-11-13-24(30)14-12-23/h7-20,27-28,31,34H,1-6H3/t19-,20-,27-,28+,29?/m1/s1. The summed E-state index contributed by atoms with van der Waals surface area (Å²) in [6, 6.07) is 23.2. The van der Waals surface area contributed by atoms with E-state index in [1.807, 2.05) is 28.2 Å². The molecule has 34 heavy (non-hydrogen) atoms. The minimum atomic E-state index is -1.14. The predicted octanol–water partition coefficient (Wildman–Crippen LogP) is 5.50. The monoisotopic (exact) mass is 461 g/mol. The number of rotatable bonds is 5. The van der Waals surface area contributed by atoms with Crippen molar-refractivity contribution in [2.75, 3.05) is 38.0 Å². The summed E-state index contributed by atoms with van der Waals surface area (Å²) in [5.41, 5.74) is 4.12. The Balaban J connectivity index is 1.79. The van der Waals surface area contributed by atoms with Crippen LogP contribution >= 0.6 is 0 Å². The van der Waals surface area contributed by atoms with Gasteiger partial charge in [-0.3, -0.25) is 0 Å². The van der Waals surface area contributed by atoms with Gasteiger partial charge in [-0.1, -0.05) is 50.2 Å². The molecule has 1 heterocycles. The van der Waals surface area contributed by atoms with Gasteiger partial charge in [0, 0.05) is 63.5 Å². The lowest BCUT2D eigenvalue weighted by Gasteiger charge is -2.52. The van der Waals surface area contributed by atoms with Gasteiger partial charge in [-0.25, -0.2) is 4.39 Å². The molecule has 1 fully saturated rings. The first-order chi connectivity index (χ1) is 16.1. The summed E-state index contributed by atoms with van der Waals surface area (Å²) in [4.78, 5) is 4.15. The van der Waals surface area contributed by atoms with Crippen molar-refractivity contribution in [1.82, 2.24) is 5.32 Å². The maximum atomic E-state index is 13.8. The molecule has 0 radical (unpaired) electrons. The molecule has 5 atom stereocenters. The van der Waals surface area contributed by atoms with E-state index < -0.39 is 5.60 Å². The zero-order chi connectivity index (χ0) is 24.6. The molecule has 3 aromatic carbocycles. The smallest absolute Gasteiger partial charge is 0.123 e. The van der Waals surface area contributed by atoms with Crippen LogP contribution in [0.2, 0.25) is 0 Å². The van der Waals surface area contributed by atoms with Crippen LogP contribution in [-0.4, -0.2) is 33.3 Å². The third kappa shape index (κ3) is 4.30. The average molecular weight is 462 g/mol. The van der Waals surface area contributed by atoms with Crippen molar-refractivity contribution in [3.05, 3.63) is 95.3 Å². The van der Waals surface area contributed by atoms with Gasteiger partial charge in [-0.05, 0) is 53.1 Å². The SMILES string of the molecule is C[C@@H]1[C@@H](c2ccc(N(C)C)cc2)N[C@@H](c2ccc(N(C)C)cc2)[C@@H](C)C1(O)c1ccc(F)cc1. The molecule has 0 saturated carbocycles. The molecule has 2 N–H and O–H groups in total. The van der Waals surface area contributed by atoms with E-state index in [4.69, 9.17) is 0 Å². The van der Waals surface area contributed by atoms with Crippen molar-refractivity contribution in [2.24, 2.45) is 11.8 Å². The molecular formula is C29H36FN3O. The Bertz CT molecular complexity index is 1030. The average Bonchev–Trinajstić information content (AvgIpc) is 2.83. The first-order valence-electron chi connectivity index (χ1n) is 11.9. The van der Waals surface area contributed by atoms with Crippen LogP contribution in [0.15, 0.2) is 72.8 Å². The topological polar surface area (TPSA) is 38.7 Å². The van der Waals surface area contributed by atoms with Gasteiger partial charge in [-0.15, -0.1) is 0 Å². The lowest BCUT2D eigenvalue weighted by atomic mass is 9.63. The van der Waals surface area contributed by atoms with Crippen LogP contribution < -0.4 is 15.1 Å². The summed E-state index contributed by atoms with van der Waals surface area (Å²) in [6.45, 7) is 4.17. The van der Waals surface area contributed by atoms with Crippen LogP contribution in [-0.2, 0) is 5.60 Å². The van der Waals surface area contributed by atoms with Gasteiger partial charge in [0.05, 0.1) is 5.60 Å². The number of benzene rings is 3. The summed E-state index contributed by atoms with van der Waals surface area (Å²) in [6.07, 6.45) is 0. The maximum Gasteiger partial charge on any atom is 0.123 e. The van der Waals surface area contributed by atoms with E-state index in [-0.39, 0.29) is 29.7 Å². The van der Waals surface area contributed by atoms with Crippen molar-refractivity contribution in [1.29, 1.82) is 0 Å². The number of nitrogens with zero attached hydrogens (tertiary/aromatic N) is 2. The molecule has 5 heteroatoms. The van der Waals surface area contributed by atoms with Crippen molar-refractivity contribution in [3.8, 4) is 0 Å². The van der Waals surface area contributed by atoms with Crippen molar-refractivity contribution in [3.63, 3.8) is 0 Å². The molecular weight excluding hydrogens is 425 g/mol. The van der Waals surface area contributed by atoms with E-state index in [1.165, 1.54) is 12.1 Å². The van der Waals surface area contributed by atoms with E-state index in [0.29, 0.717) is 0 Å². The number of piperidine rings is 1. The Morgan fingerprint density at radius 2 is 1.06 bits per heavy atom. The maximum absolute atomic E-state index is 13.8. The molecule has 0 spiro atoms. The zero-order valence-corrected chi connectivity index (χ0v) is 21.0. The molecule has 1 aliphatic rings. The van der Waals surface area contributed by atoms with E-state index in [2.05, 4.69) is 77.5 Å². The van der Waals surface area contributed by atoms with Crippen LogP contribution in [0.4, 0.5) is 15.8 Å². The lowest BCUT2D eigenvalue weighted by molar-refractivity contribution is -0.118. The van der Waals surface area contributed by atoms with Crippen LogP contribution in [0.25, 0.3) is 0 Å². The molecule has 1 saturated heterocycles. The van der Waals surface area contributed by atoms with Crippen LogP contribution in [0, 0.1) is 17.7 Å². The number of halogens is 1. The summed E-state index contributed by atoms with van der Waals surface area (Å²) >= 11 is 0. The van der Waals surface area contributed by atoms with E-state index in [0.717, 1.165) is 28.1 Å². The molecule has 0 aliphatic carbocycles. The number of hydrogen-bond acceptors (Lipinski definition) is 4. The van der Waals surface area contributed by atoms with Crippen molar-refractivity contribution >= 4 is 11.4 Å². The molecule has 0 bridgehead atoms. The minimum absolute atomic E-state index is 0.0824. The summed E-state index contributed by atoms with van der Waals surface area (Å²) in [7, 11) is 8.11. The third-order valence-electron chi connectivity index (χ3n) is 7.59. The second kappa shape index (κ2) is 9.40. The largest absolute Gasteiger partial charge is 0.384 e. The molecule has 4 nitrogen and oxygen atoms in total. The Labute approximate surface area is 203 Å². The summed E-state index contributed by atoms with van der Waals surface area (Å²) in [5, 5.41) is 16.2. The van der Waals surface area contributed by atoms with E-state index >= 15 is 0 Å². The van der Waals surface area contributed by atoms with E-state index in [9.17, 15) is 9.50 Å². The third-order valence-corrected chi connectivity index (χ3v) is 7.59. The lowest BCUT2D eigenvalue weighted by Crippen LogP contribution is -2.55. The first-order valence-corrected chi connectivity index (χ1v) is 11.9. The highest BCUT2D eigenvalue weighted by atomic mass is 19.1. The van der Waals surface area contributed by atoms with Gasteiger partial charge in [-0.2, -0.15) is 0 Å². The van der Waals surface area contributed by atoms with Gasteiger partial charge in [0.25, 0.3) is 0 Å². The van der Waals surface area contributed by atoms with Crippen LogP contribution in [0.3, 0.4) is 0 Å². The Morgan fingerprint density at radius 3 is 1.41 bits per heavy atom. The Kier molecular flexibility index (Phi) is 6.70.